The van der Waals surface area contributed by atoms with E-state index in [1.807, 2.05) is 6.07 Å². The number of nitrogens with zero attached hydrogens (tertiary/aromatic N) is 2. The average molecular weight is 533 g/mol. The number of aliphatic hydroxyl groups is 1. The van der Waals surface area contributed by atoms with E-state index in [1.54, 1.807) is 38.1 Å². The zero-order chi connectivity index (χ0) is 26.8. The fourth-order valence-electron chi connectivity index (χ4n) is 5.99. The normalized spacial score (nSPS) is 29.7. The van der Waals surface area contributed by atoms with Crippen LogP contribution in [0.1, 0.15) is 67.2 Å². The summed E-state index contributed by atoms with van der Waals surface area (Å²) in [5.74, 6) is -1.36. The van der Waals surface area contributed by atoms with Crippen molar-refractivity contribution in [2.75, 3.05) is 0 Å². The highest BCUT2D eigenvalue weighted by Crippen LogP contribution is 2.55. The smallest absolute Gasteiger partial charge is 0.282 e. The largest absolute Gasteiger partial charge is 0.390 e. The Hall–Kier alpha value is -2.82. The molecule has 7 nitrogen and oxygen atoms in total. The standard InChI is InChI=1S/C27H30F2N2O5S/c1-17-9-10-23(18-7-5-4-6-8-18)37(34,35)31(17)14-19-11-22(29)20(12-21(19)28)27(15-26(2,33)16-27)24-13-25(32)30(3)36-24/h4-8,11-13,17,23,33H,9-10,14-16H2,1-3H3/t17-,23+,26-,27-/m0/s1. The van der Waals surface area contributed by atoms with Gasteiger partial charge in [0.05, 0.1) is 11.0 Å². The lowest BCUT2D eigenvalue weighted by molar-refractivity contribution is -0.0711. The molecule has 1 aliphatic heterocycles. The number of rotatable bonds is 5. The highest BCUT2D eigenvalue weighted by Gasteiger charge is 2.57. The second kappa shape index (κ2) is 8.89. The molecule has 2 aliphatic rings. The minimum absolute atomic E-state index is 0.0358. The van der Waals surface area contributed by atoms with Gasteiger partial charge in [-0.3, -0.25) is 4.79 Å². The number of benzene rings is 2. The molecule has 1 saturated heterocycles. The van der Waals surface area contributed by atoms with Crippen molar-refractivity contribution in [2.45, 2.75) is 68.4 Å². The zero-order valence-corrected chi connectivity index (χ0v) is 21.8. The van der Waals surface area contributed by atoms with Crippen molar-refractivity contribution in [3.63, 3.8) is 0 Å². The average Bonchev–Trinajstić information content (AvgIpc) is 3.15. The SMILES string of the molecule is C[C@H]1CC[C@H](c2ccccc2)S(=O)(=O)N1Cc1cc(F)c([C@]2(c3cc(=O)n(C)o3)C[C@](C)(O)C2)cc1F. The molecule has 2 heterocycles. The van der Waals surface area contributed by atoms with Crippen molar-refractivity contribution in [1.82, 2.24) is 9.05 Å². The maximum absolute atomic E-state index is 15.6. The van der Waals surface area contributed by atoms with Gasteiger partial charge in [-0.25, -0.2) is 17.2 Å². The minimum atomic E-state index is -3.83. The summed E-state index contributed by atoms with van der Waals surface area (Å²) in [6.45, 7) is 3.05. The van der Waals surface area contributed by atoms with Gasteiger partial charge in [-0.2, -0.15) is 9.05 Å². The van der Waals surface area contributed by atoms with E-state index >= 15 is 8.78 Å². The maximum atomic E-state index is 15.6. The van der Waals surface area contributed by atoms with Gasteiger partial charge >= 0.3 is 0 Å². The first-order chi connectivity index (χ1) is 17.3. The van der Waals surface area contributed by atoms with Crippen molar-refractivity contribution >= 4 is 10.0 Å². The van der Waals surface area contributed by atoms with Crippen molar-refractivity contribution in [2.24, 2.45) is 7.05 Å². The Kier molecular flexibility index (Phi) is 6.20. The Morgan fingerprint density at radius 1 is 1.08 bits per heavy atom. The Bertz CT molecular complexity index is 1490. The van der Waals surface area contributed by atoms with Crippen molar-refractivity contribution in [3.05, 3.63) is 93.0 Å². The molecule has 1 N–H and O–H groups in total. The molecule has 0 amide bonds. The van der Waals surface area contributed by atoms with Gasteiger partial charge in [0, 0.05) is 36.8 Å². The Labute approximate surface area is 214 Å². The summed E-state index contributed by atoms with van der Waals surface area (Å²) in [4.78, 5) is 12.0. The minimum Gasteiger partial charge on any atom is -0.390 e. The molecule has 198 valence electrons. The van der Waals surface area contributed by atoms with E-state index in [1.165, 1.54) is 17.4 Å². The monoisotopic (exact) mass is 532 g/mol. The summed E-state index contributed by atoms with van der Waals surface area (Å²) in [6, 6.07) is 11.8. The van der Waals surface area contributed by atoms with Crippen LogP contribution in [0.15, 0.2) is 57.8 Å². The lowest BCUT2D eigenvalue weighted by Crippen LogP contribution is -2.53. The van der Waals surface area contributed by atoms with Crippen molar-refractivity contribution in [3.8, 4) is 0 Å². The molecule has 1 saturated carbocycles. The van der Waals surface area contributed by atoms with Crippen LogP contribution in [0.2, 0.25) is 0 Å². The molecule has 5 rings (SSSR count). The number of sulfonamides is 1. The number of halogens is 2. The van der Waals surface area contributed by atoms with E-state index in [9.17, 15) is 18.3 Å². The van der Waals surface area contributed by atoms with Gasteiger partial charge in [-0.15, -0.1) is 0 Å². The Balaban J connectivity index is 1.50. The topological polar surface area (TPSA) is 92.8 Å². The van der Waals surface area contributed by atoms with Gasteiger partial charge in [0.1, 0.15) is 22.6 Å². The molecular formula is C27H30F2N2O5S. The maximum Gasteiger partial charge on any atom is 0.282 e. The Morgan fingerprint density at radius 3 is 2.35 bits per heavy atom. The van der Waals surface area contributed by atoms with Crippen molar-refractivity contribution < 1.29 is 26.8 Å². The van der Waals surface area contributed by atoms with E-state index in [4.69, 9.17) is 4.52 Å². The lowest BCUT2D eigenvalue weighted by atomic mass is 9.55. The summed E-state index contributed by atoms with van der Waals surface area (Å²) >= 11 is 0. The van der Waals surface area contributed by atoms with Gasteiger partial charge in [-0.05, 0) is 57.2 Å². The molecule has 0 bridgehead atoms. The molecule has 0 unspecified atom stereocenters. The summed E-state index contributed by atoms with van der Waals surface area (Å²) in [5, 5.41) is 9.72. The summed E-state index contributed by atoms with van der Waals surface area (Å²) in [5.41, 5.74) is -2.23. The van der Waals surface area contributed by atoms with Crippen LogP contribution in [0.5, 0.6) is 0 Å². The van der Waals surface area contributed by atoms with Crippen LogP contribution in [-0.2, 0) is 29.0 Å². The summed E-state index contributed by atoms with van der Waals surface area (Å²) in [6.07, 6.45) is 1.12. The van der Waals surface area contributed by atoms with Crippen LogP contribution in [-0.4, -0.2) is 34.2 Å². The van der Waals surface area contributed by atoms with Gasteiger partial charge < -0.3 is 9.63 Å². The first kappa shape index (κ1) is 25.8. The molecule has 1 aromatic heterocycles. The third-order valence-electron chi connectivity index (χ3n) is 7.81. The number of hydrogen-bond acceptors (Lipinski definition) is 5. The first-order valence-corrected chi connectivity index (χ1v) is 13.8. The van der Waals surface area contributed by atoms with Crippen LogP contribution in [0, 0.1) is 11.6 Å². The molecule has 2 fully saturated rings. The number of aromatic nitrogens is 1. The van der Waals surface area contributed by atoms with E-state index < -0.39 is 43.5 Å². The molecule has 0 radical (unpaired) electrons. The predicted octanol–water partition coefficient (Wildman–Crippen LogP) is 4.14. The first-order valence-electron chi connectivity index (χ1n) is 12.3. The summed E-state index contributed by atoms with van der Waals surface area (Å²) in [7, 11) is -2.41. The molecule has 37 heavy (non-hydrogen) atoms. The molecule has 0 spiro atoms. The third-order valence-corrected chi connectivity index (χ3v) is 10.2. The molecular weight excluding hydrogens is 502 g/mol. The quantitative estimate of drug-likeness (QED) is 0.533. The van der Waals surface area contributed by atoms with Gasteiger partial charge in [0.15, 0.2) is 0 Å². The second-order valence-corrected chi connectivity index (χ2v) is 12.8. The third kappa shape index (κ3) is 4.34. The van der Waals surface area contributed by atoms with E-state index in [0.29, 0.717) is 18.4 Å². The molecule has 2 atom stereocenters. The number of hydrogen-bond donors (Lipinski definition) is 1. The fraction of sp³-hybridized carbons (Fsp3) is 0.444. The van der Waals surface area contributed by atoms with Gasteiger partial charge in [-0.1, -0.05) is 30.3 Å². The molecule has 1 aliphatic carbocycles. The summed E-state index contributed by atoms with van der Waals surface area (Å²) < 4.78 is 66.0. The fourth-order valence-corrected chi connectivity index (χ4v) is 8.18. The van der Waals surface area contributed by atoms with Crippen LogP contribution in [0.25, 0.3) is 0 Å². The Morgan fingerprint density at radius 2 is 1.76 bits per heavy atom. The lowest BCUT2D eigenvalue weighted by Gasteiger charge is -2.50. The number of aryl methyl sites for hydroxylation is 1. The van der Waals surface area contributed by atoms with Gasteiger partial charge in [0.2, 0.25) is 10.0 Å². The molecule has 2 aromatic carbocycles. The molecule has 10 heteroatoms. The zero-order valence-electron chi connectivity index (χ0n) is 20.9. The van der Waals surface area contributed by atoms with E-state index in [0.717, 1.165) is 16.9 Å². The van der Waals surface area contributed by atoms with Gasteiger partial charge in [0.25, 0.3) is 5.56 Å². The van der Waals surface area contributed by atoms with Crippen LogP contribution >= 0.6 is 0 Å². The predicted molar refractivity (Wildman–Crippen MR) is 133 cm³/mol. The highest BCUT2D eigenvalue weighted by atomic mass is 32.2. The van der Waals surface area contributed by atoms with Crippen LogP contribution in [0.3, 0.4) is 0 Å². The van der Waals surface area contributed by atoms with E-state index in [2.05, 4.69) is 0 Å². The van der Waals surface area contributed by atoms with Crippen molar-refractivity contribution in [1.29, 1.82) is 0 Å². The highest BCUT2D eigenvalue weighted by molar-refractivity contribution is 7.89. The van der Waals surface area contributed by atoms with Crippen LogP contribution in [0.4, 0.5) is 8.78 Å². The van der Waals surface area contributed by atoms with Crippen LogP contribution < -0.4 is 5.56 Å². The second-order valence-electron chi connectivity index (χ2n) is 10.7. The molecule has 3 aromatic rings. The van der Waals surface area contributed by atoms with E-state index in [-0.39, 0.29) is 42.3 Å².